The molecular weight excluding hydrogens is 386 g/mol. The average Bonchev–Trinajstić information content (AvgIpc) is 2.53. The Morgan fingerprint density at radius 3 is 1.85 bits per heavy atom. The maximum atomic E-state index is 13.7. The number of carbonyl (C=O) groups excluding carboxylic acids is 2. The molecule has 0 aliphatic rings. The van der Waals surface area contributed by atoms with Gasteiger partial charge in [0.15, 0.2) is 0 Å². The summed E-state index contributed by atoms with van der Waals surface area (Å²) in [5, 5.41) is 3.06. The van der Waals surface area contributed by atoms with E-state index in [2.05, 4.69) is 9.47 Å². The molecule has 1 aromatic carbocycles. The minimum absolute atomic E-state index is 0.289. The minimum atomic E-state index is -5.42. The van der Waals surface area contributed by atoms with E-state index in [4.69, 9.17) is 0 Å². The fourth-order valence-electron chi connectivity index (χ4n) is 1.91. The number of amides is 1. The Labute approximate surface area is 149 Å². The summed E-state index contributed by atoms with van der Waals surface area (Å²) in [5.41, 5.74) is -5.40. The maximum Gasteiger partial charge on any atom is 0.442 e. The molecule has 0 radical (unpaired) electrons. The van der Waals surface area contributed by atoms with Gasteiger partial charge in [-0.2, -0.15) is 26.3 Å². The van der Waals surface area contributed by atoms with Crippen molar-refractivity contribution >= 4 is 17.7 Å². The Bertz CT molecular complexity index is 660. The first-order valence-electron chi connectivity index (χ1n) is 7.51. The number of alkyl carbamates (subject to hydrolysis) is 1. The topological polar surface area (TPSA) is 76.7 Å². The number of ether oxygens (including phenoxy) is 2. The lowest BCUT2D eigenvalue weighted by atomic mass is 10.1. The van der Waals surface area contributed by atoms with E-state index in [-0.39, 0.29) is 6.61 Å². The molecule has 1 amide bonds. The highest BCUT2D eigenvalue weighted by atomic mass is 19.4. The fraction of sp³-hybridized carbons (Fsp3) is 0.467. The van der Waals surface area contributed by atoms with Crippen molar-refractivity contribution in [1.29, 1.82) is 0 Å². The van der Waals surface area contributed by atoms with Crippen LogP contribution in [-0.4, -0.2) is 37.1 Å². The van der Waals surface area contributed by atoms with Crippen molar-refractivity contribution in [2.45, 2.75) is 31.9 Å². The van der Waals surface area contributed by atoms with Crippen LogP contribution in [0.4, 0.5) is 36.8 Å². The first kappa shape index (κ1) is 22.4. The van der Waals surface area contributed by atoms with Gasteiger partial charge in [-0.25, -0.2) is 9.59 Å². The van der Waals surface area contributed by atoms with E-state index >= 15 is 0 Å². The lowest BCUT2D eigenvalue weighted by Gasteiger charge is -2.34. The number of halogens is 6. The molecule has 1 rings (SSSR count). The molecule has 152 valence electrons. The van der Waals surface area contributed by atoms with Crippen molar-refractivity contribution in [3.8, 4) is 0 Å². The van der Waals surface area contributed by atoms with E-state index in [1.165, 1.54) is 19.2 Å². The van der Waals surface area contributed by atoms with Gasteiger partial charge in [0.25, 0.3) is 0 Å². The van der Waals surface area contributed by atoms with Crippen molar-refractivity contribution in [2.75, 3.05) is 18.5 Å². The summed E-state index contributed by atoms with van der Waals surface area (Å²) in [4.78, 5) is 23.6. The number of carbonyl (C=O) groups is 2. The smallest absolute Gasteiger partial charge is 0.442 e. The second kappa shape index (κ2) is 8.35. The molecule has 0 heterocycles. The van der Waals surface area contributed by atoms with E-state index in [1.54, 1.807) is 5.32 Å². The molecule has 1 unspecified atom stereocenters. The number of esters is 1. The predicted octanol–water partition coefficient (Wildman–Crippen LogP) is 3.69. The van der Waals surface area contributed by atoms with Gasteiger partial charge in [-0.3, -0.25) is 5.32 Å². The summed E-state index contributed by atoms with van der Waals surface area (Å²) >= 11 is 0. The van der Waals surface area contributed by atoms with Crippen LogP contribution in [0.25, 0.3) is 0 Å². The Hall–Kier alpha value is -2.66. The van der Waals surface area contributed by atoms with Gasteiger partial charge in [0.1, 0.15) is 0 Å². The normalized spacial score (nSPS) is 14.1. The van der Waals surface area contributed by atoms with Gasteiger partial charge < -0.3 is 14.8 Å². The zero-order valence-electron chi connectivity index (χ0n) is 14.1. The Morgan fingerprint density at radius 2 is 1.44 bits per heavy atom. The quantitative estimate of drug-likeness (QED) is 0.431. The van der Waals surface area contributed by atoms with E-state index in [1.807, 2.05) is 0 Å². The average molecular weight is 402 g/mol. The monoisotopic (exact) mass is 402 g/mol. The molecule has 0 saturated carbocycles. The third-order valence-corrected chi connectivity index (χ3v) is 3.12. The second-order valence-electron chi connectivity index (χ2n) is 5.01. The van der Waals surface area contributed by atoms with Gasteiger partial charge >= 0.3 is 30.1 Å². The van der Waals surface area contributed by atoms with Crippen LogP contribution in [-0.2, 0) is 20.4 Å². The molecule has 0 bridgehead atoms. The van der Waals surface area contributed by atoms with Crippen LogP contribution >= 0.6 is 0 Å². The Kier molecular flexibility index (Phi) is 6.93. The number of anilines is 1. The van der Waals surface area contributed by atoms with E-state index in [0.29, 0.717) is 24.3 Å². The predicted molar refractivity (Wildman–Crippen MR) is 80.6 cm³/mol. The molecule has 12 heteroatoms. The van der Waals surface area contributed by atoms with Gasteiger partial charge in [0.2, 0.25) is 0 Å². The third-order valence-electron chi connectivity index (χ3n) is 3.12. The lowest BCUT2D eigenvalue weighted by Crippen LogP contribution is -2.69. The fourth-order valence-corrected chi connectivity index (χ4v) is 1.91. The minimum Gasteiger partial charge on any atom is -0.463 e. The largest absolute Gasteiger partial charge is 0.463 e. The van der Waals surface area contributed by atoms with Gasteiger partial charge in [-0.15, -0.1) is 0 Å². The molecule has 2 N–H and O–H groups in total. The summed E-state index contributed by atoms with van der Waals surface area (Å²) in [6.45, 7) is 1.82. The van der Waals surface area contributed by atoms with E-state index < -0.39 is 47.9 Å². The Morgan fingerprint density at radius 1 is 0.926 bits per heavy atom. The van der Waals surface area contributed by atoms with Crippen molar-refractivity contribution in [2.24, 2.45) is 0 Å². The van der Waals surface area contributed by atoms with Crippen LogP contribution < -0.4 is 10.6 Å². The van der Waals surface area contributed by atoms with Gasteiger partial charge in [-0.05, 0) is 38.1 Å². The van der Waals surface area contributed by atoms with Gasteiger partial charge in [0, 0.05) is 5.69 Å². The number of hydrogen-bond donors (Lipinski definition) is 2. The number of rotatable bonds is 6. The van der Waals surface area contributed by atoms with Crippen molar-refractivity contribution in [1.82, 2.24) is 5.32 Å². The zero-order chi connectivity index (χ0) is 20.9. The highest BCUT2D eigenvalue weighted by molar-refractivity contribution is 5.89. The first-order chi connectivity index (χ1) is 12.4. The molecule has 6 nitrogen and oxygen atoms in total. The van der Waals surface area contributed by atoms with Crippen LogP contribution in [0.5, 0.6) is 0 Å². The molecule has 0 fully saturated rings. The van der Waals surface area contributed by atoms with Gasteiger partial charge in [-0.1, -0.05) is 0 Å². The molecular formula is C15H16F6N2O4. The van der Waals surface area contributed by atoms with Crippen molar-refractivity contribution in [3.63, 3.8) is 0 Å². The molecule has 1 atom stereocenters. The molecule has 0 spiro atoms. The molecule has 0 aliphatic carbocycles. The standard InChI is InChI=1S/C15H16F6N2O4/c1-3-26-11(24)13(15(19,20)21,23-12(25)27-4-2)22-10-7-5-9(6-8-10)14(16,17)18/h5-8,22H,3-4H2,1-2H3,(H,23,25). The molecule has 0 aliphatic heterocycles. The highest BCUT2D eigenvalue weighted by Gasteiger charge is 2.64. The number of alkyl halides is 6. The van der Waals surface area contributed by atoms with Gasteiger partial charge in [0.05, 0.1) is 18.8 Å². The van der Waals surface area contributed by atoms with Crippen molar-refractivity contribution in [3.05, 3.63) is 29.8 Å². The summed E-state index contributed by atoms with van der Waals surface area (Å²) in [6.07, 6.45) is -11.7. The SMILES string of the molecule is CCOC(=O)NC(Nc1ccc(C(F)(F)F)cc1)(C(=O)OCC)C(F)(F)F. The Balaban J connectivity index is 3.34. The first-order valence-corrected chi connectivity index (χ1v) is 7.51. The summed E-state index contributed by atoms with van der Waals surface area (Å²) in [7, 11) is 0. The summed E-state index contributed by atoms with van der Waals surface area (Å²) in [6, 6.07) is 2.38. The van der Waals surface area contributed by atoms with Crippen LogP contribution in [0.15, 0.2) is 24.3 Å². The zero-order valence-corrected chi connectivity index (χ0v) is 14.1. The van der Waals surface area contributed by atoms with E-state index in [9.17, 15) is 35.9 Å². The molecule has 1 aromatic rings. The number of nitrogens with one attached hydrogen (secondary N) is 2. The highest BCUT2D eigenvalue weighted by Crippen LogP contribution is 2.35. The van der Waals surface area contributed by atoms with Crippen LogP contribution in [0.1, 0.15) is 19.4 Å². The summed E-state index contributed by atoms with van der Waals surface area (Å²) < 4.78 is 87.6. The van der Waals surface area contributed by atoms with E-state index in [0.717, 1.165) is 0 Å². The number of benzene rings is 1. The third kappa shape index (κ3) is 5.41. The lowest BCUT2D eigenvalue weighted by molar-refractivity contribution is -0.205. The second-order valence-corrected chi connectivity index (χ2v) is 5.01. The maximum absolute atomic E-state index is 13.7. The van der Waals surface area contributed by atoms with Crippen LogP contribution in [0.3, 0.4) is 0 Å². The van der Waals surface area contributed by atoms with Crippen LogP contribution in [0, 0.1) is 0 Å². The molecule has 0 saturated heterocycles. The molecule has 27 heavy (non-hydrogen) atoms. The van der Waals surface area contributed by atoms with Crippen LogP contribution in [0.2, 0.25) is 0 Å². The number of hydrogen-bond acceptors (Lipinski definition) is 5. The van der Waals surface area contributed by atoms with Crippen molar-refractivity contribution < 1.29 is 45.4 Å². The summed E-state index contributed by atoms with van der Waals surface area (Å²) in [5.74, 6) is -1.91. The molecule has 0 aromatic heterocycles.